The Kier molecular flexibility index (Phi) is 3.19. The lowest BCUT2D eigenvalue weighted by Crippen LogP contribution is -2.12. The van der Waals surface area contributed by atoms with Crippen LogP contribution in [0, 0.1) is 0 Å². The van der Waals surface area contributed by atoms with Crippen molar-refractivity contribution in [1.29, 1.82) is 0 Å². The van der Waals surface area contributed by atoms with E-state index in [2.05, 4.69) is 15.6 Å². The van der Waals surface area contributed by atoms with Gasteiger partial charge in [-0.2, -0.15) is 0 Å². The monoisotopic (exact) mass is 273 g/mol. The largest absolute Gasteiger partial charge is 0.322 e. The molecule has 1 aliphatic heterocycles. The number of amides is 1. The quantitative estimate of drug-likeness (QED) is 0.827. The van der Waals surface area contributed by atoms with E-state index >= 15 is 0 Å². The van der Waals surface area contributed by atoms with E-state index in [9.17, 15) is 4.79 Å². The molecule has 1 aromatic carbocycles. The second-order valence-electron chi connectivity index (χ2n) is 4.41. The summed E-state index contributed by atoms with van der Waals surface area (Å²) in [5.74, 6) is -0.142. The SMILES string of the molecule is O=C(Nc1ccnc(Cl)c1)c1ccc2c(c1)CNC2. The second kappa shape index (κ2) is 4.99. The number of hydrogen-bond acceptors (Lipinski definition) is 3. The number of pyridine rings is 1. The number of benzene rings is 1. The molecule has 96 valence electrons. The molecule has 0 radical (unpaired) electrons. The van der Waals surface area contributed by atoms with Crippen molar-refractivity contribution >= 4 is 23.2 Å². The molecule has 1 aromatic heterocycles. The van der Waals surface area contributed by atoms with Gasteiger partial charge in [0.05, 0.1) is 0 Å². The van der Waals surface area contributed by atoms with Gasteiger partial charge in [0.1, 0.15) is 5.15 Å². The molecule has 0 aliphatic carbocycles. The number of fused-ring (bicyclic) bond motifs is 1. The highest BCUT2D eigenvalue weighted by molar-refractivity contribution is 6.29. The number of hydrogen-bond donors (Lipinski definition) is 2. The van der Waals surface area contributed by atoms with Crippen LogP contribution < -0.4 is 10.6 Å². The maximum atomic E-state index is 12.1. The zero-order valence-corrected chi connectivity index (χ0v) is 10.9. The Morgan fingerprint density at radius 2 is 2.05 bits per heavy atom. The smallest absolute Gasteiger partial charge is 0.255 e. The van der Waals surface area contributed by atoms with Gasteiger partial charge < -0.3 is 10.6 Å². The number of halogens is 1. The lowest BCUT2D eigenvalue weighted by atomic mass is 10.1. The van der Waals surface area contributed by atoms with Crippen LogP contribution in [0.2, 0.25) is 5.15 Å². The molecule has 0 bridgehead atoms. The molecule has 2 heterocycles. The fourth-order valence-corrected chi connectivity index (χ4v) is 2.29. The van der Waals surface area contributed by atoms with Crippen molar-refractivity contribution in [3.05, 3.63) is 58.4 Å². The Hall–Kier alpha value is -1.91. The minimum atomic E-state index is -0.142. The van der Waals surface area contributed by atoms with Crippen molar-refractivity contribution in [3.63, 3.8) is 0 Å². The summed E-state index contributed by atoms with van der Waals surface area (Å²) in [5.41, 5.74) is 3.72. The molecule has 19 heavy (non-hydrogen) atoms. The van der Waals surface area contributed by atoms with Gasteiger partial charge in [0.25, 0.3) is 5.91 Å². The fraction of sp³-hybridized carbons (Fsp3) is 0.143. The Bertz CT molecular complexity index is 642. The van der Waals surface area contributed by atoms with Gasteiger partial charge in [0.2, 0.25) is 0 Å². The Morgan fingerprint density at radius 1 is 1.21 bits per heavy atom. The highest BCUT2D eigenvalue weighted by Crippen LogP contribution is 2.18. The summed E-state index contributed by atoms with van der Waals surface area (Å²) in [6.45, 7) is 1.69. The third-order valence-electron chi connectivity index (χ3n) is 3.08. The van der Waals surface area contributed by atoms with E-state index in [1.54, 1.807) is 18.3 Å². The minimum absolute atomic E-state index is 0.142. The molecule has 5 heteroatoms. The van der Waals surface area contributed by atoms with Crippen LogP contribution in [-0.4, -0.2) is 10.9 Å². The first kappa shape index (κ1) is 12.1. The first-order valence-corrected chi connectivity index (χ1v) is 6.35. The fourth-order valence-electron chi connectivity index (χ4n) is 2.12. The number of nitrogens with one attached hydrogen (secondary N) is 2. The molecule has 2 N–H and O–H groups in total. The Balaban J connectivity index is 1.81. The van der Waals surface area contributed by atoms with E-state index in [0.29, 0.717) is 16.4 Å². The highest BCUT2D eigenvalue weighted by atomic mass is 35.5. The molecular formula is C14H12ClN3O. The zero-order valence-electron chi connectivity index (χ0n) is 10.1. The molecule has 0 atom stereocenters. The zero-order chi connectivity index (χ0) is 13.2. The van der Waals surface area contributed by atoms with Crippen LogP contribution in [0.15, 0.2) is 36.5 Å². The second-order valence-corrected chi connectivity index (χ2v) is 4.80. The van der Waals surface area contributed by atoms with E-state index in [1.165, 1.54) is 11.1 Å². The van der Waals surface area contributed by atoms with Crippen molar-refractivity contribution in [2.75, 3.05) is 5.32 Å². The van der Waals surface area contributed by atoms with Gasteiger partial charge in [-0.1, -0.05) is 17.7 Å². The van der Waals surface area contributed by atoms with E-state index in [0.717, 1.165) is 13.1 Å². The molecule has 0 fully saturated rings. The number of carbonyl (C=O) groups is 1. The minimum Gasteiger partial charge on any atom is -0.322 e. The molecule has 2 aromatic rings. The van der Waals surface area contributed by atoms with Crippen molar-refractivity contribution in [3.8, 4) is 0 Å². The van der Waals surface area contributed by atoms with Crippen LogP contribution in [0.4, 0.5) is 5.69 Å². The first-order chi connectivity index (χ1) is 9.22. The molecule has 0 saturated carbocycles. The van der Waals surface area contributed by atoms with Gasteiger partial charge in [-0.3, -0.25) is 4.79 Å². The molecule has 4 nitrogen and oxygen atoms in total. The van der Waals surface area contributed by atoms with Crippen LogP contribution >= 0.6 is 11.6 Å². The number of nitrogens with zero attached hydrogens (tertiary/aromatic N) is 1. The molecule has 1 amide bonds. The van der Waals surface area contributed by atoms with Gasteiger partial charge in [0, 0.05) is 30.5 Å². The van der Waals surface area contributed by atoms with E-state index in [4.69, 9.17) is 11.6 Å². The van der Waals surface area contributed by atoms with Gasteiger partial charge >= 0.3 is 0 Å². The summed E-state index contributed by atoms with van der Waals surface area (Å²) in [6, 6.07) is 9.08. The van der Waals surface area contributed by atoms with Gasteiger partial charge in [-0.05, 0) is 35.4 Å². The Morgan fingerprint density at radius 3 is 2.89 bits per heavy atom. The summed E-state index contributed by atoms with van der Waals surface area (Å²) in [4.78, 5) is 16.0. The summed E-state index contributed by atoms with van der Waals surface area (Å²) >= 11 is 5.78. The number of carbonyl (C=O) groups excluding carboxylic acids is 1. The molecule has 3 rings (SSSR count). The van der Waals surface area contributed by atoms with Crippen LogP contribution in [0.25, 0.3) is 0 Å². The van der Waals surface area contributed by atoms with Gasteiger partial charge in [-0.15, -0.1) is 0 Å². The summed E-state index contributed by atoms with van der Waals surface area (Å²) < 4.78 is 0. The standard InChI is InChI=1S/C14H12ClN3O/c15-13-6-12(3-4-17-13)18-14(19)9-1-2-10-7-16-8-11(10)5-9/h1-6,16H,7-8H2,(H,17,18,19). The lowest BCUT2D eigenvalue weighted by molar-refractivity contribution is 0.102. The van der Waals surface area contributed by atoms with E-state index < -0.39 is 0 Å². The molecule has 1 aliphatic rings. The topological polar surface area (TPSA) is 54.0 Å². The maximum Gasteiger partial charge on any atom is 0.255 e. The molecule has 0 spiro atoms. The predicted molar refractivity (Wildman–Crippen MR) is 74.2 cm³/mol. The van der Waals surface area contributed by atoms with Crippen LogP contribution in [0.3, 0.4) is 0 Å². The molecule has 0 unspecified atom stereocenters. The van der Waals surface area contributed by atoms with Gasteiger partial charge in [-0.25, -0.2) is 4.98 Å². The van der Waals surface area contributed by atoms with Crippen molar-refractivity contribution in [2.24, 2.45) is 0 Å². The van der Waals surface area contributed by atoms with E-state index in [-0.39, 0.29) is 5.91 Å². The number of anilines is 1. The van der Waals surface area contributed by atoms with Crippen molar-refractivity contribution in [2.45, 2.75) is 13.1 Å². The maximum absolute atomic E-state index is 12.1. The lowest BCUT2D eigenvalue weighted by Gasteiger charge is -2.06. The third kappa shape index (κ3) is 2.59. The molecular weight excluding hydrogens is 262 g/mol. The number of rotatable bonds is 2. The van der Waals surface area contributed by atoms with E-state index in [1.807, 2.05) is 18.2 Å². The molecule has 0 saturated heterocycles. The first-order valence-electron chi connectivity index (χ1n) is 5.98. The highest BCUT2D eigenvalue weighted by Gasteiger charge is 2.13. The van der Waals surface area contributed by atoms with Crippen molar-refractivity contribution in [1.82, 2.24) is 10.3 Å². The average molecular weight is 274 g/mol. The number of aromatic nitrogens is 1. The Labute approximate surface area is 115 Å². The average Bonchev–Trinajstić information content (AvgIpc) is 2.85. The van der Waals surface area contributed by atoms with Crippen LogP contribution in [0.5, 0.6) is 0 Å². The normalized spacial score (nSPS) is 13.1. The third-order valence-corrected chi connectivity index (χ3v) is 3.29. The van der Waals surface area contributed by atoms with Crippen LogP contribution in [-0.2, 0) is 13.1 Å². The summed E-state index contributed by atoms with van der Waals surface area (Å²) in [6.07, 6.45) is 1.56. The summed E-state index contributed by atoms with van der Waals surface area (Å²) in [5, 5.41) is 6.42. The van der Waals surface area contributed by atoms with Gasteiger partial charge in [0.15, 0.2) is 0 Å². The summed E-state index contributed by atoms with van der Waals surface area (Å²) in [7, 11) is 0. The predicted octanol–water partition coefficient (Wildman–Crippen LogP) is 2.59. The van der Waals surface area contributed by atoms with Crippen molar-refractivity contribution < 1.29 is 4.79 Å². The van der Waals surface area contributed by atoms with Crippen LogP contribution in [0.1, 0.15) is 21.5 Å².